The Morgan fingerprint density at radius 2 is 1.38 bits per heavy atom. The molecular weight excluding hydrogens is 600 g/mol. The fraction of sp³-hybridized carbons (Fsp3) is 0.500. The standard InChI is InChI=1S/C34H48N8O5/c1-6-41(7-2)16-10-14-35-32(45)25-18-26(33(46)36-15-11-17-42(8-3)9-4)20-28(19-25)39-40-31(23(5)43)34(47)37-27-13-12-24-21-30(44)38-29(24)22-27/h12-13,18-20,22,31H,6-11,14-17,21H2,1-5H3,(H,35,45)(H,36,46)(H,37,47)(H,38,44). The molecule has 254 valence electrons. The average molecular weight is 649 g/mol. The van der Waals surface area contributed by atoms with Crippen LogP contribution >= 0.6 is 0 Å². The highest BCUT2D eigenvalue weighted by Gasteiger charge is 2.25. The van der Waals surface area contributed by atoms with Crippen molar-refractivity contribution in [3.05, 3.63) is 53.1 Å². The summed E-state index contributed by atoms with van der Waals surface area (Å²) >= 11 is 0. The molecule has 0 bridgehead atoms. The Labute approximate surface area is 276 Å². The number of carbonyl (C=O) groups excluding carboxylic acids is 5. The molecule has 0 radical (unpaired) electrons. The van der Waals surface area contributed by atoms with Crippen molar-refractivity contribution in [3.8, 4) is 0 Å². The van der Waals surface area contributed by atoms with Gasteiger partial charge in [0.25, 0.3) is 17.7 Å². The van der Waals surface area contributed by atoms with Crippen LogP contribution in [0.2, 0.25) is 0 Å². The van der Waals surface area contributed by atoms with Crippen molar-refractivity contribution >= 4 is 46.5 Å². The fourth-order valence-electron chi connectivity index (χ4n) is 5.17. The second-order valence-electron chi connectivity index (χ2n) is 11.4. The van der Waals surface area contributed by atoms with Gasteiger partial charge < -0.3 is 31.1 Å². The van der Waals surface area contributed by atoms with Crippen molar-refractivity contribution < 1.29 is 24.0 Å². The second-order valence-corrected chi connectivity index (χ2v) is 11.4. The number of ketones is 1. The molecule has 0 aliphatic carbocycles. The van der Waals surface area contributed by atoms with E-state index < -0.39 is 17.7 Å². The summed E-state index contributed by atoms with van der Waals surface area (Å²) in [6, 6.07) is 7.94. The van der Waals surface area contributed by atoms with E-state index in [1.54, 1.807) is 18.2 Å². The van der Waals surface area contributed by atoms with Gasteiger partial charge in [0.05, 0.1) is 12.1 Å². The molecule has 4 amide bonds. The van der Waals surface area contributed by atoms with E-state index in [-0.39, 0.29) is 41.0 Å². The number of nitrogens with one attached hydrogen (secondary N) is 4. The molecule has 47 heavy (non-hydrogen) atoms. The molecule has 0 aromatic heterocycles. The van der Waals surface area contributed by atoms with Gasteiger partial charge in [0, 0.05) is 35.6 Å². The lowest BCUT2D eigenvalue weighted by molar-refractivity contribution is -0.126. The van der Waals surface area contributed by atoms with Gasteiger partial charge in [0.2, 0.25) is 11.9 Å². The van der Waals surface area contributed by atoms with Crippen LogP contribution in [-0.2, 0) is 20.8 Å². The lowest BCUT2D eigenvalue weighted by Gasteiger charge is -2.18. The Hall–Kier alpha value is -4.49. The zero-order chi connectivity index (χ0) is 34.3. The van der Waals surface area contributed by atoms with Gasteiger partial charge in [0.15, 0.2) is 5.78 Å². The Morgan fingerprint density at radius 1 is 0.830 bits per heavy atom. The van der Waals surface area contributed by atoms with E-state index in [1.165, 1.54) is 25.1 Å². The van der Waals surface area contributed by atoms with E-state index >= 15 is 0 Å². The maximum atomic E-state index is 13.1. The van der Waals surface area contributed by atoms with Crippen LogP contribution in [0.4, 0.5) is 17.1 Å². The number of carbonyl (C=O) groups is 5. The van der Waals surface area contributed by atoms with Gasteiger partial charge in [-0.2, -0.15) is 10.2 Å². The van der Waals surface area contributed by atoms with Crippen LogP contribution in [0.25, 0.3) is 0 Å². The molecule has 2 aromatic carbocycles. The molecule has 1 unspecified atom stereocenters. The molecule has 0 saturated carbocycles. The van der Waals surface area contributed by atoms with Gasteiger partial charge in [-0.15, -0.1) is 0 Å². The summed E-state index contributed by atoms with van der Waals surface area (Å²) in [5.74, 6) is -2.14. The van der Waals surface area contributed by atoms with Crippen molar-refractivity contribution in [2.24, 2.45) is 10.2 Å². The number of hydrogen-bond acceptors (Lipinski definition) is 9. The molecule has 4 N–H and O–H groups in total. The first-order chi connectivity index (χ1) is 22.6. The Bertz CT molecular complexity index is 1400. The number of rotatable bonds is 19. The summed E-state index contributed by atoms with van der Waals surface area (Å²) in [6.45, 7) is 15.9. The van der Waals surface area contributed by atoms with Gasteiger partial charge in [-0.3, -0.25) is 24.0 Å². The second kappa shape index (κ2) is 18.6. The third-order valence-electron chi connectivity index (χ3n) is 8.03. The van der Waals surface area contributed by atoms with Crippen LogP contribution in [-0.4, -0.2) is 97.6 Å². The largest absolute Gasteiger partial charge is 0.352 e. The van der Waals surface area contributed by atoms with Crippen molar-refractivity contribution in [2.45, 2.75) is 59.9 Å². The lowest BCUT2D eigenvalue weighted by atomic mass is 10.1. The van der Waals surface area contributed by atoms with Crippen molar-refractivity contribution in [2.75, 3.05) is 63.0 Å². The number of hydrogen-bond donors (Lipinski definition) is 4. The van der Waals surface area contributed by atoms with Crippen LogP contribution in [0.3, 0.4) is 0 Å². The molecule has 2 aromatic rings. The molecule has 1 aliphatic rings. The van der Waals surface area contributed by atoms with Crippen LogP contribution in [0.15, 0.2) is 46.6 Å². The number of benzene rings is 2. The van der Waals surface area contributed by atoms with Crippen LogP contribution in [0.1, 0.15) is 73.7 Å². The first-order valence-electron chi connectivity index (χ1n) is 16.4. The summed E-state index contributed by atoms with van der Waals surface area (Å²) < 4.78 is 0. The minimum Gasteiger partial charge on any atom is -0.352 e. The van der Waals surface area contributed by atoms with Crippen LogP contribution < -0.4 is 21.3 Å². The van der Waals surface area contributed by atoms with Crippen molar-refractivity contribution in [1.29, 1.82) is 0 Å². The van der Waals surface area contributed by atoms with Gasteiger partial charge >= 0.3 is 0 Å². The zero-order valence-electron chi connectivity index (χ0n) is 28.1. The summed E-state index contributed by atoms with van der Waals surface area (Å²) in [7, 11) is 0. The monoisotopic (exact) mass is 648 g/mol. The number of Topliss-reactive ketones (excluding diaryl/α,β-unsaturated/α-hetero) is 1. The summed E-state index contributed by atoms with van der Waals surface area (Å²) in [5, 5.41) is 19.3. The molecule has 1 atom stereocenters. The summed E-state index contributed by atoms with van der Waals surface area (Å²) in [5.41, 5.74) is 2.36. The first-order valence-corrected chi connectivity index (χ1v) is 16.4. The van der Waals surface area contributed by atoms with E-state index in [1.807, 2.05) is 0 Å². The molecule has 1 heterocycles. The van der Waals surface area contributed by atoms with Crippen molar-refractivity contribution in [3.63, 3.8) is 0 Å². The number of nitrogens with zero attached hydrogens (tertiary/aromatic N) is 4. The molecule has 13 nitrogen and oxygen atoms in total. The van der Waals surface area contributed by atoms with Crippen LogP contribution in [0.5, 0.6) is 0 Å². The summed E-state index contributed by atoms with van der Waals surface area (Å²) in [4.78, 5) is 68.0. The highest BCUT2D eigenvalue weighted by molar-refractivity contribution is 6.10. The average Bonchev–Trinajstić information content (AvgIpc) is 3.43. The van der Waals surface area contributed by atoms with E-state index in [4.69, 9.17) is 0 Å². The number of azo groups is 1. The zero-order valence-corrected chi connectivity index (χ0v) is 28.1. The molecular formula is C34H48N8O5. The maximum Gasteiger partial charge on any atom is 0.258 e. The molecule has 0 spiro atoms. The Morgan fingerprint density at radius 3 is 1.89 bits per heavy atom. The predicted octanol–water partition coefficient (Wildman–Crippen LogP) is 3.78. The van der Waals surface area contributed by atoms with E-state index in [0.717, 1.165) is 57.7 Å². The normalized spacial score (nSPS) is 13.0. The molecule has 1 aliphatic heterocycles. The molecule has 3 rings (SSSR count). The molecule has 0 fully saturated rings. The topological polar surface area (TPSA) is 165 Å². The quantitative estimate of drug-likeness (QED) is 0.102. The summed E-state index contributed by atoms with van der Waals surface area (Å²) in [6.07, 6.45) is 1.79. The van der Waals surface area contributed by atoms with E-state index in [9.17, 15) is 24.0 Å². The minimum atomic E-state index is -1.48. The smallest absolute Gasteiger partial charge is 0.258 e. The number of amides is 4. The Balaban J connectivity index is 1.77. The van der Waals surface area contributed by atoms with E-state index in [2.05, 4.69) is 69.0 Å². The van der Waals surface area contributed by atoms with Gasteiger partial charge in [0.1, 0.15) is 0 Å². The number of anilines is 2. The van der Waals surface area contributed by atoms with Gasteiger partial charge in [-0.25, -0.2) is 0 Å². The van der Waals surface area contributed by atoms with Gasteiger partial charge in [-0.1, -0.05) is 33.8 Å². The fourth-order valence-corrected chi connectivity index (χ4v) is 5.17. The van der Waals surface area contributed by atoms with Crippen LogP contribution in [0, 0.1) is 0 Å². The molecule has 0 saturated heterocycles. The first kappa shape index (κ1) is 37.0. The maximum absolute atomic E-state index is 13.1. The minimum absolute atomic E-state index is 0.137. The van der Waals surface area contributed by atoms with Gasteiger partial charge in [-0.05, 0) is 94.9 Å². The van der Waals surface area contributed by atoms with Crippen molar-refractivity contribution in [1.82, 2.24) is 20.4 Å². The van der Waals surface area contributed by atoms with E-state index in [0.29, 0.717) is 24.5 Å². The third-order valence-corrected chi connectivity index (χ3v) is 8.03. The SMILES string of the molecule is CCN(CC)CCCNC(=O)c1cc(N=NC(C(C)=O)C(=O)Nc2ccc3c(c2)NC(=O)C3)cc(C(=O)NCCCN(CC)CC)c1. The Kier molecular flexibility index (Phi) is 14.6. The third kappa shape index (κ3) is 11.4. The predicted molar refractivity (Wildman–Crippen MR) is 182 cm³/mol. The molecule has 13 heteroatoms. The lowest BCUT2D eigenvalue weighted by Crippen LogP contribution is -2.32. The highest BCUT2D eigenvalue weighted by atomic mass is 16.2. The highest BCUT2D eigenvalue weighted by Crippen LogP contribution is 2.26. The number of fused-ring (bicyclic) bond motifs is 1.